The van der Waals surface area contributed by atoms with Crippen LogP contribution in [0.3, 0.4) is 0 Å². The van der Waals surface area contributed by atoms with Crippen molar-refractivity contribution >= 4 is 71.1 Å². The number of ether oxygens (including phenoxy) is 1. The molecule has 6 nitrogen and oxygen atoms in total. The second kappa shape index (κ2) is 8.69. The minimum absolute atomic E-state index is 0.719. The monoisotopic (exact) mass is 566 g/mol. The lowest BCUT2D eigenvalue weighted by Crippen LogP contribution is -1.96. The van der Waals surface area contributed by atoms with Gasteiger partial charge in [-0.15, -0.1) is 0 Å². The van der Waals surface area contributed by atoms with Gasteiger partial charge in [-0.05, 0) is 53.9 Å². The van der Waals surface area contributed by atoms with Crippen molar-refractivity contribution in [1.82, 2.24) is 18.9 Å². The largest absolute Gasteiger partial charge is 0.456 e. The van der Waals surface area contributed by atoms with E-state index in [0.717, 1.165) is 83.0 Å². The number of hydrogen-bond donors (Lipinski definition) is 0. The van der Waals surface area contributed by atoms with Crippen molar-refractivity contribution < 1.29 is 9.15 Å². The first kappa shape index (κ1) is 23.4. The van der Waals surface area contributed by atoms with Crippen LogP contribution in [0.1, 0.15) is 0 Å². The molecule has 0 aliphatic rings. The number of para-hydroxylation sites is 3. The van der Waals surface area contributed by atoms with E-state index in [1.165, 1.54) is 5.39 Å². The molecule has 5 heterocycles. The molecule has 0 aliphatic heterocycles. The maximum atomic E-state index is 6.87. The van der Waals surface area contributed by atoms with Gasteiger partial charge in [0.05, 0.1) is 27.3 Å². The zero-order valence-electron chi connectivity index (χ0n) is 23.3. The van der Waals surface area contributed by atoms with Crippen LogP contribution in [0.2, 0.25) is 0 Å². The van der Waals surface area contributed by atoms with E-state index in [4.69, 9.17) is 19.1 Å². The first-order chi connectivity index (χ1) is 21.8. The summed E-state index contributed by atoms with van der Waals surface area (Å²) < 4.78 is 17.8. The van der Waals surface area contributed by atoms with Crippen molar-refractivity contribution in [2.24, 2.45) is 0 Å². The number of nitrogens with zero attached hydrogens (tertiary/aromatic N) is 4. The Kier molecular flexibility index (Phi) is 4.63. The van der Waals surface area contributed by atoms with Crippen molar-refractivity contribution in [3.8, 4) is 17.3 Å². The van der Waals surface area contributed by atoms with Gasteiger partial charge in [-0.1, -0.05) is 60.7 Å². The smallest absolute Gasteiger partial charge is 0.149 e. The highest BCUT2D eigenvalue weighted by Crippen LogP contribution is 2.46. The van der Waals surface area contributed by atoms with Gasteiger partial charge in [-0.25, -0.2) is 9.97 Å². The Morgan fingerprint density at radius 1 is 0.568 bits per heavy atom. The normalized spacial score (nSPS) is 12.1. The van der Waals surface area contributed by atoms with Crippen molar-refractivity contribution in [3.05, 3.63) is 134 Å². The fourth-order valence-corrected chi connectivity index (χ4v) is 6.85. The van der Waals surface area contributed by atoms with Gasteiger partial charge in [-0.2, -0.15) is 0 Å². The molecule has 206 valence electrons. The molecule has 6 heteroatoms. The van der Waals surface area contributed by atoms with E-state index < -0.39 is 0 Å². The Labute approximate surface area is 250 Å². The van der Waals surface area contributed by atoms with Crippen LogP contribution in [0.5, 0.6) is 11.5 Å². The zero-order valence-corrected chi connectivity index (χ0v) is 23.3. The van der Waals surface area contributed by atoms with E-state index in [1.54, 1.807) is 0 Å². The number of rotatable bonds is 3. The molecule has 0 saturated carbocycles. The lowest BCUT2D eigenvalue weighted by atomic mass is 10.1. The second-order valence-electron chi connectivity index (χ2n) is 11.1. The van der Waals surface area contributed by atoms with Gasteiger partial charge in [0.2, 0.25) is 0 Å². The van der Waals surface area contributed by atoms with Gasteiger partial charge in [0, 0.05) is 46.2 Å². The van der Waals surface area contributed by atoms with E-state index >= 15 is 0 Å². The SMILES string of the molecule is c1ccc(-n2c3ccccc3c3c4oc5ccccc5c4c(Oc4ccc5c6ccccc6n6ccnc6c5c4)cc32)nc1. The quantitative estimate of drug-likeness (QED) is 0.200. The predicted molar refractivity (Wildman–Crippen MR) is 176 cm³/mol. The molecule has 44 heavy (non-hydrogen) atoms. The predicted octanol–water partition coefficient (Wildman–Crippen LogP) is 9.82. The molecule has 0 atom stereocenters. The third-order valence-electron chi connectivity index (χ3n) is 8.68. The Hall–Kier alpha value is -6.14. The van der Waals surface area contributed by atoms with Crippen LogP contribution in [-0.2, 0) is 0 Å². The number of hydrogen-bond acceptors (Lipinski definition) is 4. The molecule has 0 amide bonds. The topological polar surface area (TPSA) is 57.5 Å². The highest BCUT2D eigenvalue weighted by atomic mass is 16.5. The van der Waals surface area contributed by atoms with E-state index in [-0.39, 0.29) is 0 Å². The molecular weight excluding hydrogens is 544 g/mol. The molecule has 0 N–H and O–H groups in total. The summed E-state index contributed by atoms with van der Waals surface area (Å²) in [4.78, 5) is 9.44. The molecule has 0 fully saturated rings. The molecule has 0 aliphatic carbocycles. The van der Waals surface area contributed by atoms with Crippen LogP contribution in [0.25, 0.3) is 76.9 Å². The molecule has 0 bridgehead atoms. The van der Waals surface area contributed by atoms with Crippen LogP contribution in [0, 0.1) is 0 Å². The lowest BCUT2D eigenvalue weighted by Gasteiger charge is -2.12. The van der Waals surface area contributed by atoms with Crippen LogP contribution >= 0.6 is 0 Å². The van der Waals surface area contributed by atoms with E-state index in [1.807, 2.05) is 61.1 Å². The van der Waals surface area contributed by atoms with E-state index in [2.05, 4.69) is 81.8 Å². The van der Waals surface area contributed by atoms with Gasteiger partial charge in [0.25, 0.3) is 0 Å². The van der Waals surface area contributed by atoms with Crippen molar-refractivity contribution in [2.45, 2.75) is 0 Å². The highest BCUT2D eigenvalue weighted by molar-refractivity contribution is 6.25. The Morgan fingerprint density at radius 2 is 1.36 bits per heavy atom. The summed E-state index contributed by atoms with van der Waals surface area (Å²) in [6.07, 6.45) is 5.68. The second-order valence-corrected chi connectivity index (χ2v) is 11.1. The molecule has 10 aromatic rings. The maximum absolute atomic E-state index is 6.87. The zero-order chi connectivity index (χ0) is 28.8. The molecule has 0 spiro atoms. The van der Waals surface area contributed by atoms with Gasteiger partial charge < -0.3 is 9.15 Å². The summed E-state index contributed by atoms with van der Waals surface area (Å²) >= 11 is 0. The Balaban J connectivity index is 1.29. The van der Waals surface area contributed by atoms with Crippen LogP contribution < -0.4 is 4.74 Å². The summed E-state index contributed by atoms with van der Waals surface area (Å²) in [5.74, 6) is 2.28. The summed E-state index contributed by atoms with van der Waals surface area (Å²) in [6.45, 7) is 0. The standard InChI is InChI=1S/C38H22N4O2/c1-4-12-29-25(9-1)24-17-16-23(21-28(24)38-40-19-20-41(29)38)43-33-22-31-35(37-36(33)27-11-3-6-14-32(27)44-37)26-10-2-5-13-30(26)42(31)34-15-7-8-18-39-34/h1-22H. The number of pyridine rings is 2. The Bertz CT molecular complexity index is 2750. The number of benzene rings is 5. The van der Waals surface area contributed by atoms with Crippen LogP contribution in [-0.4, -0.2) is 18.9 Å². The highest BCUT2D eigenvalue weighted by Gasteiger charge is 2.23. The summed E-state index contributed by atoms with van der Waals surface area (Å²) in [5, 5.41) is 7.43. The Morgan fingerprint density at radius 3 is 2.25 bits per heavy atom. The lowest BCUT2D eigenvalue weighted by molar-refractivity contribution is 0.489. The number of aromatic nitrogens is 4. The summed E-state index contributed by atoms with van der Waals surface area (Å²) in [7, 11) is 0. The van der Waals surface area contributed by atoms with Gasteiger partial charge >= 0.3 is 0 Å². The van der Waals surface area contributed by atoms with Crippen LogP contribution in [0.15, 0.2) is 138 Å². The van der Waals surface area contributed by atoms with E-state index in [0.29, 0.717) is 0 Å². The molecule has 5 aromatic heterocycles. The third kappa shape index (κ3) is 3.14. The molecule has 5 aromatic carbocycles. The summed E-state index contributed by atoms with van der Waals surface area (Å²) in [5.41, 5.74) is 5.66. The average Bonchev–Trinajstić information content (AvgIpc) is 3.80. The third-order valence-corrected chi connectivity index (χ3v) is 8.68. The van der Waals surface area contributed by atoms with E-state index in [9.17, 15) is 0 Å². The van der Waals surface area contributed by atoms with Gasteiger partial charge in [0.15, 0.2) is 0 Å². The number of fused-ring (bicyclic) bond motifs is 13. The van der Waals surface area contributed by atoms with Crippen molar-refractivity contribution in [2.75, 3.05) is 0 Å². The first-order valence-electron chi connectivity index (χ1n) is 14.6. The fraction of sp³-hybridized carbons (Fsp3) is 0. The maximum Gasteiger partial charge on any atom is 0.149 e. The number of furan rings is 1. The first-order valence-corrected chi connectivity index (χ1v) is 14.6. The molecule has 0 unspecified atom stereocenters. The fourth-order valence-electron chi connectivity index (χ4n) is 6.85. The van der Waals surface area contributed by atoms with Crippen LogP contribution in [0.4, 0.5) is 0 Å². The molecule has 0 saturated heterocycles. The molecule has 0 radical (unpaired) electrons. The number of imidazole rings is 1. The van der Waals surface area contributed by atoms with Crippen molar-refractivity contribution in [1.29, 1.82) is 0 Å². The minimum Gasteiger partial charge on any atom is -0.456 e. The summed E-state index contributed by atoms with van der Waals surface area (Å²) in [6, 6.07) is 39.3. The average molecular weight is 567 g/mol. The van der Waals surface area contributed by atoms with Crippen molar-refractivity contribution in [3.63, 3.8) is 0 Å². The molecule has 10 rings (SSSR count). The minimum atomic E-state index is 0.719. The molecular formula is C38H22N4O2. The van der Waals surface area contributed by atoms with Gasteiger partial charge in [0.1, 0.15) is 34.1 Å². The van der Waals surface area contributed by atoms with Gasteiger partial charge in [-0.3, -0.25) is 8.97 Å².